The zero-order valence-corrected chi connectivity index (χ0v) is 20.8. The third-order valence-electron chi connectivity index (χ3n) is 4.36. The summed E-state index contributed by atoms with van der Waals surface area (Å²) in [6.07, 6.45) is -0.240. The van der Waals surface area contributed by atoms with E-state index < -0.39 is 40.9 Å². The van der Waals surface area contributed by atoms with E-state index in [9.17, 15) is 18.8 Å². The first-order chi connectivity index (χ1) is 15.7. The van der Waals surface area contributed by atoms with Crippen molar-refractivity contribution < 1.29 is 38.5 Å². The first-order valence-corrected chi connectivity index (χ1v) is 11.2. The molecule has 0 radical (unpaired) electrons. The van der Waals surface area contributed by atoms with E-state index in [1.54, 1.807) is 46.4 Å². The molecule has 1 atom stereocenters. The van der Waals surface area contributed by atoms with Gasteiger partial charge in [0.05, 0.1) is 18.8 Å². The quantitative estimate of drug-likeness (QED) is 0.408. The number of halogens is 1. The molecule has 0 aromatic heterocycles. The highest BCUT2D eigenvalue weighted by molar-refractivity contribution is 5.97. The molecular formula is C24H37FN2O7. The van der Waals surface area contributed by atoms with Crippen molar-refractivity contribution in [3.63, 3.8) is 0 Å². The molecule has 1 aromatic carbocycles. The lowest BCUT2D eigenvalue weighted by atomic mass is 10.1. The monoisotopic (exact) mass is 484 g/mol. The summed E-state index contributed by atoms with van der Waals surface area (Å²) in [6.45, 7) is 10.1. The molecule has 1 amide bonds. The Hall–Kier alpha value is -2.72. The van der Waals surface area contributed by atoms with Gasteiger partial charge in [-0.2, -0.15) is 0 Å². The summed E-state index contributed by atoms with van der Waals surface area (Å²) in [4.78, 5) is 39.1. The lowest BCUT2D eigenvalue weighted by Gasteiger charge is -2.25. The summed E-state index contributed by atoms with van der Waals surface area (Å²) < 4.78 is 25.4. The van der Waals surface area contributed by atoms with E-state index in [0.717, 1.165) is 6.07 Å². The number of benzene rings is 1. The van der Waals surface area contributed by atoms with Crippen molar-refractivity contribution >= 4 is 23.5 Å². The fourth-order valence-electron chi connectivity index (χ4n) is 3.01. The Morgan fingerprint density at radius 2 is 1.56 bits per heavy atom. The third-order valence-corrected chi connectivity index (χ3v) is 4.36. The number of nitrogens with zero attached hydrogens (tertiary/aromatic N) is 1. The Labute approximate surface area is 200 Å². The number of aliphatic hydroxyl groups excluding tert-OH is 2. The lowest BCUT2D eigenvalue weighted by Crippen LogP contribution is -2.44. The molecule has 0 heterocycles. The summed E-state index contributed by atoms with van der Waals surface area (Å²) in [5, 5.41) is 20.8. The van der Waals surface area contributed by atoms with E-state index in [2.05, 4.69) is 5.32 Å². The molecule has 10 heteroatoms. The Kier molecular flexibility index (Phi) is 10.9. The zero-order valence-electron chi connectivity index (χ0n) is 20.8. The Bertz CT molecular complexity index is 841. The van der Waals surface area contributed by atoms with Crippen molar-refractivity contribution in [3.8, 4) is 0 Å². The minimum atomic E-state index is -1.20. The number of hydrogen-bond acceptors (Lipinski definition) is 8. The van der Waals surface area contributed by atoms with Crippen LogP contribution in [0.15, 0.2) is 18.2 Å². The summed E-state index contributed by atoms with van der Waals surface area (Å²) in [5.41, 5.74) is -1.46. The number of esters is 2. The van der Waals surface area contributed by atoms with Gasteiger partial charge in [-0.25, -0.2) is 9.18 Å². The van der Waals surface area contributed by atoms with Crippen molar-refractivity contribution in [3.05, 3.63) is 29.6 Å². The number of carbonyl (C=O) groups is 3. The highest BCUT2D eigenvalue weighted by Crippen LogP contribution is 2.20. The van der Waals surface area contributed by atoms with Crippen LogP contribution in [0.1, 0.15) is 64.7 Å². The molecule has 34 heavy (non-hydrogen) atoms. The molecule has 1 unspecified atom stereocenters. The molecule has 0 fully saturated rings. The average Bonchev–Trinajstić information content (AvgIpc) is 2.68. The smallest absolute Gasteiger partial charge is 0.329 e. The zero-order chi connectivity index (χ0) is 26.1. The Morgan fingerprint density at radius 3 is 2.03 bits per heavy atom. The first kappa shape index (κ1) is 29.3. The van der Waals surface area contributed by atoms with E-state index in [1.165, 1.54) is 12.1 Å². The first-order valence-electron chi connectivity index (χ1n) is 11.2. The number of nitrogens with one attached hydrogen (secondary N) is 1. The fraction of sp³-hybridized carbons (Fsp3) is 0.625. The second kappa shape index (κ2) is 12.7. The van der Waals surface area contributed by atoms with Gasteiger partial charge in [0.25, 0.3) is 5.91 Å². The van der Waals surface area contributed by atoms with Crippen LogP contribution in [0.4, 0.5) is 10.1 Å². The molecule has 1 rings (SSSR count). The number of amides is 1. The van der Waals surface area contributed by atoms with Crippen molar-refractivity contribution in [2.45, 2.75) is 71.6 Å². The SMILES string of the molecule is CC(C)(C)OC(=O)CCC(NC(=O)c1ccc(N(CCO)CCO)cc1F)C(=O)OC(C)(C)C. The molecular weight excluding hydrogens is 447 g/mol. The molecule has 192 valence electrons. The summed E-state index contributed by atoms with van der Waals surface area (Å²) in [5.74, 6) is -2.98. The van der Waals surface area contributed by atoms with Crippen molar-refractivity contribution in [1.29, 1.82) is 0 Å². The number of ether oxygens (including phenoxy) is 2. The number of hydrogen-bond donors (Lipinski definition) is 3. The normalized spacial score (nSPS) is 12.6. The van der Waals surface area contributed by atoms with Gasteiger partial charge in [-0.05, 0) is 66.2 Å². The molecule has 0 aliphatic carbocycles. The molecule has 0 saturated heterocycles. The summed E-state index contributed by atoms with van der Waals surface area (Å²) >= 11 is 0. The van der Waals surface area contributed by atoms with Gasteiger partial charge < -0.3 is 29.9 Å². The van der Waals surface area contributed by atoms with E-state index in [0.29, 0.717) is 5.69 Å². The second-order valence-corrected chi connectivity index (χ2v) is 9.78. The summed E-state index contributed by atoms with van der Waals surface area (Å²) in [7, 11) is 0. The van der Waals surface area contributed by atoms with Gasteiger partial charge in [-0.1, -0.05) is 0 Å². The number of anilines is 1. The maximum absolute atomic E-state index is 14.8. The van der Waals surface area contributed by atoms with Crippen LogP contribution in [0.3, 0.4) is 0 Å². The highest BCUT2D eigenvalue weighted by atomic mass is 19.1. The maximum Gasteiger partial charge on any atom is 0.329 e. The standard InChI is InChI=1S/C24H37FN2O7/c1-23(2,3)33-20(30)10-9-19(22(32)34-24(4,5)6)26-21(31)17-8-7-16(15-18(17)25)27(11-13-28)12-14-29/h7-8,15,19,28-29H,9-14H2,1-6H3,(H,26,31). The fourth-order valence-corrected chi connectivity index (χ4v) is 3.01. The molecule has 0 aliphatic heterocycles. The molecule has 0 aliphatic rings. The topological polar surface area (TPSA) is 125 Å². The number of rotatable bonds is 11. The van der Waals surface area contributed by atoms with Crippen LogP contribution < -0.4 is 10.2 Å². The predicted octanol–water partition coefficient (Wildman–Crippen LogP) is 2.18. The van der Waals surface area contributed by atoms with Gasteiger partial charge in [0.15, 0.2) is 0 Å². The van der Waals surface area contributed by atoms with Crippen LogP contribution in [-0.4, -0.2) is 71.6 Å². The maximum atomic E-state index is 14.8. The van der Waals surface area contributed by atoms with Crippen LogP contribution in [0.5, 0.6) is 0 Å². The predicted molar refractivity (Wildman–Crippen MR) is 125 cm³/mol. The molecule has 9 nitrogen and oxygen atoms in total. The van der Waals surface area contributed by atoms with Crippen LogP contribution >= 0.6 is 0 Å². The molecule has 1 aromatic rings. The number of carbonyl (C=O) groups excluding carboxylic acids is 3. The third kappa shape index (κ3) is 10.5. The van der Waals surface area contributed by atoms with E-state index >= 15 is 0 Å². The van der Waals surface area contributed by atoms with Gasteiger partial charge in [0, 0.05) is 25.2 Å². The van der Waals surface area contributed by atoms with Crippen LogP contribution in [0, 0.1) is 5.82 Å². The Morgan fingerprint density at radius 1 is 1.00 bits per heavy atom. The Balaban J connectivity index is 3.04. The largest absolute Gasteiger partial charge is 0.460 e. The van der Waals surface area contributed by atoms with Gasteiger partial charge in [-0.3, -0.25) is 9.59 Å². The second-order valence-electron chi connectivity index (χ2n) is 9.78. The molecule has 3 N–H and O–H groups in total. The van der Waals surface area contributed by atoms with E-state index in [-0.39, 0.29) is 44.7 Å². The lowest BCUT2D eigenvalue weighted by molar-refractivity contribution is -0.158. The van der Waals surface area contributed by atoms with Crippen LogP contribution in [0.25, 0.3) is 0 Å². The van der Waals surface area contributed by atoms with Crippen molar-refractivity contribution in [2.75, 3.05) is 31.2 Å². The van der Waals surface area contributed by atoms with Gasteiger partial charge in [0.2, 0.25) is 0 Å². The van der Waals surface area contributed by atoms with E-state index in [1.807, 2.05) is 0 Å². The minimum absolute atomic E-state index is 0.0873. The van der Waals surface area contributed by atoms with Crippen LogP contribution in [0.2, 0.25) is 0 Å². The number of aliphatic hydroxyl groups is 2. The molecule has 0 spiro atoms. The van der Waals surface area contributed by atoms with Gasteiger partial charge >= 0.3 is 11.9 Å². The van der Waals surface area contributed by atoms with E-state index in [4.69, 9.17) is 19.7 Å². The highest BCUT2D eigenvalue weighted by Gasteiger charge is 2.29. The summed E-state index contributed by atoms with van der Waals surface area (Å²) in [6, 6.07) is 2.65. The molecule has 0 bridgehead atoms. The molecule has 0 saturated carbocycles. The van der Waals surface area contributed by atoms with Crippen LogP contribution in [-0.2, 0) is 19.1 Å². The average molecular weight is 485 g/mol. The van der Waals surface area contributed by atoms with Crippen molar-refractivity contribution in [1.82, 2.24) is 5.32 Å². The minimum Gasteiger partial charge on any atom is -0.460 e. The van der Waals surface area contributed by atoms with Crippen molar-refractivity contribution in [2.24, 2.45) is 0 Å². The van der Waals surface area contributed by atoms with Gasteiger partial charge in [-0.15, -0.1) is 0 Å². The van der Waals surface area contributed by atoms with Gasteiger partial charge in [0.1, 0.15) is 23.1 Å².